The number of phosphoric acid groups is 1. The van der Waals surface area contributed by atoms with Crippen LogP contribution in [-0.4, -0.2) is 70.8 Å². The van der Waals surface area contributed by atoms with Crippen molar-refractivity contribution in [3.8, 4) is 0 Å². The molecule has 0 saturated carbocycles. The normalized spacial score (nSPS) is 21.3. The maximum Gasteiger partial charge on any atom is 0.466 e. The second kappa shape index (κ2) is 8.45. The van der Waals surface area contributed by atoms with Gasteiger partial charge in [-0.2, -0.15) is 11.8 Å². The van der Waals surface area contributed by atoms with Crippen molar-refractivity contribution in [2.75, 3.05) is 30.8 Å². The third-order valence-electron chi connectivity index (χ3n) is 3.83. The Balaban J connectivity index is 0.000000399. The fraction of sp³-hybridized carbons (Fsp3) is 0.538. The molecule has 0 spiro atoms. The number of β-amino-alcohol motifs (C(OH)–C–C–N with tert-alkyl or cyclic N) is 1. The number of aromatic amines is 1. The molecule has 10 nitrogen and oxygen atoms in total. The van der Waals surface area contributed by atoms with Crippen molar-refractivity contribution in [3.05, 3.63) is 18.1 Å². The van der Waals surface area contributed by atoms with Gasteiger partial charge >= 0.3 is 7.82 Å². The first-order chi connectivity index (χ1) is 11.7. The van der Waals surface area contributed by atoms with E-state index in [1.807, 2.05) is 6.20 Å². The number of thioether (sulfide) groups is 1. The Kier molecular flexibility index (Phi) is 6.80. The summed E-state index contributed by atoms with van der Waals surface area (Å²) in [7, 11) is -4.64. The Bertz CT molecular complexity index is 745. The summed E-state index contributed by atoms with van der Waals surface area (Å²) >= 11 is 1.79. The van der Waals surface area contributed by atoms with Crippen molar-refractivity contribution in [1.29, 1.82) is 0 Å². The number of likely N-dealkylation sites (tertiary alicyclic amines) is 1. The van der Waals surface area contributed by atoms with Gasteiger partial charge < -0.3 is 30.5 Å². The lowest BCUT2D eigenvalue weighted by molar-refractivity contribution is 0.149. The molecule has 25 heavy (non-hydrogen) atoms. The van der Waals surface area contributed by atoms with Crippen molar-refractivity contribution >= 4 is 36.4 Å². The predicted molar refractivity (Wildman–Crippen MR) is 95.7 cm³/mol. The van der Waals surface area contributed by atoms with E-state index in [9.17, 15) is 5.11 Å². The number of nitrogens with two attached hydrogens (primary N) is 1. The highest BCUT2D eigenvalue weighted by Gasteiger charge is 2.31. The topological polar surface area (TPSA) is 169 Å². The molecule has 12 heteroatoms. The summed E-state index contributed by atoms with van der Waals surface area (Å²) < 4.78 is 8.88. The van der Waals surface area contributed by atoms with Crippen LogP contribution in [0.2, 0.25) is 0 Å². The quantitative estimate of drug-likeness (QED) is 0.383. The van der Waals surface area contributed by atoms with E-state index >= 15 is 0 Å². The zero-order valence-electron chi connectivity index (χ0n) is 13.6. The van der Waals surface area contributed by atoms with Gasteiger partial charge in [-0.15, -0.1) is 0 Å². The highest BCUT2D eigenvalue weighted by atomic mass is 32.2. The number of anilines is 1. The number of nitrogens with one attached hydrogen (secondary N) is 1. The van der Waals surface area contributed by atoms with Crippen molar-refractivity contribution < 1.29 is 24.4 Å². The van der Waals surface area contributed by atoms with E-state index in [4.69, 9.17) is 25.0 Å². The molecular weight excluding hydrogens is 369 g/mol. The molecule has 0 aliphatic carbocycles. The minimum absolute atomic E-state index is 0.229. The maximum absolute atomic E-state index is 10.1. The van der Waals surface area contributed by atoms with Crippen LogP contribution < -0.4 is 5.73 Å². The van der Waals surface area contributed by atoms with Crippen LogP contribution in [-0.2, 0) is 11.1 Å². The third kappa shape index (κ3) is 5.93. The fourth-order valence-corrected chi connectivity index (χ4v) is 3.58. The van der Waals surface area contributed by atoms with Crippen LogP contribution in [0.3, 0.4) is 0 Å². The standard InChI is InChI=1S/C13H19N5OS.H3O4P/c1-20-6-9-4-18(5-10(9)19)3-8-2-15-12-11(8)16-7-17-13(12)14;1-5(2,3)4/h2,7,9-10,15,19H,3-6H2,1H3,(H2,14,16,17);(H3,1,2,3,4). The summed E-state index contributed by atoms with van der Waals surface area (Å²) in [5.41, 5.74) is 8.60. The molecule has 2 unspecified atom stereocenters. The van der Waals surface area contributed by atoms with Crippen LogP contribution in [0.4, 0.5) is 5.82 Å². The zero-order chi connectivity index (χ0) is 18.6. The van der Waals surface area contributed by atoms with Crippen LogP contribution in [0, 0.1) is 5.92 Å². The van der Waals surface area contributed by atoms with E-state index in [-0.39, 0.29) is 6.10 Å². The minimum atomic E-state index is -4.64. The average molecular weight is 391 g/mol. The van der Waals surface area contributed by atoms with Crippen molar-refractivity contribution in [1.82, 2.24) is 19.9 Å². The first kappa shape index (κ1) is 20.1. The summed E-state index contributed by atoms with van der Waals surface area (Å²) in [4.78, 5) is 35.3. The third-order valence-corrected chi connectivity index (χ3v) is 4.59. The summed E-state index contributed by atoms with van der Waals surface area (Å²) in [5.74, 6) is 1.83. The van der Waals surface area contributed by atoms with Gasteiger partial charge in [0.25, 0.3) is 0 Å². The second-order valence-corrected chi connectivity index (χ2v) is 7.72. The molecule has 140 valence electrons. The molecule has 2 aromatic heterocycles. The number of fused-ring (bicyclic) bond motifs is 1. The SMILES string of the molecule is CSCC1CN(Cc2c[nH]c3c(N)ncnc23)CC1O.O=P(O)(O)O. The molecule has 1 fully saturated rings. The highest BCUT2D eigenvalue weighted by Crippen LogP contribution is 2.26. The molecule has 0 aromatic carbocycles. The van der Waals surface area contributed by atoms with Crippen LogP contribution in [0.1, 0.15) is 5.56 Å². The molecular formula is C13H22N5O5PS. The zero-order valence-corrected chi connectivity index (χ0v) is 15.3. The van der Waals surface area contributed by atoms with Gasteiger partial charge in [-0.05, 0) is 12.0 Å². The minimum Gasteiger partial charge on any atom is -0.391 e. The molecule has 2 atom stereocenters. The van der Waals surface area contributed by atoms with Gasteiger partial charge in [0, 0.05) is 37.3 Å². The summed E-state index contributed by atoms with van der Waals surface area (Å²) in [6.45, 7) is 2.42. The molecule has 1 aliphatic heterocycles. The second-order valence-electron chi connectivity index (χ2n) is 5.79. The molecule has 3 rings (SSSR count). The van der Waals surface area contributed by atoms with Crippen LogP contribution in [0.15, 0.2) is 12.5 Å². The van der Waals surface area contributed by atoms with Gasteiger partial charge in [0.15, 0.2) is 5.82 Å². The highest BCUT2D eigenvalue weighted by molar-refractivity contribution is 7.98. The van der Waals surface area contributed by atoms with Crippen molar-refractivity contribution in [2.45, 2.75) is 12.6 Å². The summed E-state index contributed by atoms with van der Waals surface area (Å²) in [5, 5.41) is 10.1. The Hall–Kier alpha value is -1.20. The van der Waals surface area contributed by atoms with E-state index in [0.29, 0.717) is 11.7 Å². The van der Waals surface area contributed by atoms with Gasteiger partial charge in [-0.25, -0.2) is 14.5 Å². The summed E-state index contributed by atoms with van der Waals surface area (Å²) in [6.07, 6.45) is 5.27. The number of aliphatic hydroxyl groups is 1. The number of rotatable bonds is 4. The number of hydrogen-bond acceptors (Lipinski definition) is 7. The number of aromatic nitrogens is 3. The Labute approximate surface area is 148 Å². The van der Waals surface area contributed by atoms with Gasteiger partial charge in [0.2, 0.25) is 0 Å². The molecule has 1 saturated heterocycles. The first-order valence-corrected chi connectivity index (χ1v) is 10.4. The van der Waals surface area contributed by atoms with Gasteiger partial charge in [0.05, 0.1) is 11.6 Å². The Morgan fingerprint density at radius 2 is 2.08 bits per heavy atom. The van der Waals surface area contributed by atoms with Crippen LogP contribution in [0.25, 0.3) is 11.0 Å². The van der Waals surface area contributed by atoms with E-state index in [2.05, 4.69) is 26.1 Å². The van der Waals surface area contributed by atoms with E-state index < -0.39 is 7.82 Å². The van der Waals surface area contributed by atoms with Crippen molar-refractivity contribution in [2.24, 2.45) is 5.92 Å². The Morgan fingerprint density at radius 1 is 1.40 bits per heavy atom. The molecule has 2 aromatic rings. The fourth-order valence-electron chi connectivity index (χ4n) is 2.82. The van der Waals surface area contributed by atoms with E-state index in [0.717, 1.165) is 42.0 Å². The average Bonchev–Trinajstić information content (AvgIpc) is 3.04. The smallest absolute Gasteiger partial charge is 0.391 e. The molecule has 0 bridgehead atoms. The van der Waals surface area contributed by atoms with Crippen LogP contribution >= 0.6 is 19.6 Å². The largest absolute Gasteiger partial charge is 0.466 e. The lowest BCUT2D eigenvalue weighted by Gasteiger charge is -2.14. The monoisotopic (exact) mass is 391 g/mol. The van der Waals surface area contributed by atoms with E-state index in [1.165, 1.54) is 6.33 Å². The number of nitrogens with zero attached hydrogens (tertiary/aromatic N) is 3. The first-order valence-electron chi connectivity index (χ1n) is 7.43. The number of nitrogen functional groups attached to an aromatic ring is 1. The molecule has 3 heterocycles. The van der Waals surface area contributed by atoms with E-state index in [1.54, 1.807) is 11.8 Å². The number of hydrogen-bond donors (Lipinski definition) is 6. The molecule has 0 radical (unpaired) electrons. The lowest BCUT2D eigenvalue weighted by atomic mass is 10.1. The predicted octanol–water partition coefficient (Wildman–Crippen LogP) is -0.233. The lowest BCUT2D eigenvalue weighted by Crippen LogP contribution is -2.21. The molecule has 1 aliphatic rings. The molecule has 0 amide bonds. The van der Waals surface area contributed by atoms with Gasteiger partial charge in [-0.3, -0.25) is 4.90 Å². The molecule has 7 N–H and O–H groups in total. The summed E-state index contributed by atoms with van der Waals surface area (Å²) in [6, 6.07) is 0. The number of aliphatic hydroxyl groups excluding tert-OH is 1. The maximum atomic E-state index is 10.1. The van der Waals surface area contributed by atoms with Gasteiger partial charge in [-0.1, -0.05) is 0 Å². The van der Waals surface area contributed by atoms with Crippen LogP contribution in [0.5, 0.6) is 0 Å². The van der Waals surface area contributed by atoms with Crippen molar-refractivity contribution in [3.63, 3.8) is 0 Å². The van der Waals surface area contributed by atoms with Gasteiger partial charge in [0.1, 0.15) is 11.8 Å². The Morgan fingerprint density at radius 3 is 2.72 bits per heavy atom. The number of H-pyrrole nitrogens is 1.